The van der Waals surface area contributed by atoms with Gasteiger partial charge >= 0.3 is 0 Å². The molecule has 0 fully saturated rings. The van der Waals surface area contributed by atoms with Gasteiger partial charge in [-0.2, -0.15) is 0 Å². The van der Waals surface area contributed by atoms with Gasteiger partial charge < -0.3 is 5.73 Å². The third-order valence-electron chi connectivity index (χ3n) is 0.418. The summed E-state index contributed by atoms with van der Waals surface area (Å²) >= 11 is 1.47. The molecule has 5 N–H and O–H groups in total. The molecule has 0 bridgehead atoms. The number of nitrogens with two attached hydrogens (primary N) is 2. The molecule has 0 amide bonds. The van der Waals surface area contributed by atoms with Gasteiger partial charge in [0.2, 0.25) is 0 Å². The van der Waals surface area contributed by atoms with Gasteiger partial charge in [0.1, 0.15) is 5.50 Å². The molecule has 0 radical (unpaired) electrons. The Balaban J connectivity index is 2.75. The maximum Gasteiger partial charge on any atom is 0.115 e. The lowest BCUT2D eigenvalue weighted by Crippen LogP contribution is -2.38. The Labute approximate surface area is 41.4 Å². The molecule has 0 spiro atoms. The van der Waals surface area contributed by atoms with Gasteiger partial charge in [0.05, 0.1) is 0 Å². The smallest absolute Gasteiger partial charge is 0.115 e. The van der Waals surface area contributed by atoms with Crippen LogP contribution in [0.2, 0.25) is 0 Å². The molecular weight excluding hydrogens is 98.1 g/mol. The zero-order valence-corrected chi connectivity index (χ0v) is 4.46. The van der Waals surface area contributed by atoms with Gasteiger partial charge in [-0.25, -0.2) is 5.43 Å². The largest absolute Gasteiger partial charge is 0.306 e. The number of hydrogen-bond donors (Lipinski definition) is 3. The quantitative estimate of drug-likeness (QED) is 0.242. The van der Waals surface area contributed by atoms with Crippen molar-refractivity contribution in [2.75, 3.05) is 6.26 Å². The van der Waals surface area contributed by atoms with Crippen LogP contribution in [0.4, 0.5) is 0 Å². The molecule has 4 heteroatoms. The van der Waals surface area contributed by atoms with Crippen molar-refractivity contribution in [2.45, 2.75) is 5.50 Å². The van der Waals surface area contributed by atoms with Crippen LogP contribution in [-0.4, -0.2) is 11.8 Å². The number of rotatable bonds is 2. The summed E-state index contributed by atoms with van der Waals surface area (Å²) in [5.41, 5.74) is 7.43. The van der Waals surface area contributed by atoms with E-state index in [0.717, 1.165) is 0 Å². The van der Waals surface area contributed by atoms with Gasteiger partial charge in [-0.05, 0) is 6.26 Å². The van der Waals surface area contributed by atoms with Gasteiger partial charge in [0, 0.05) is 0 Å². The first-order valence-electron chi connectivity index (χ1n) is 1.55. The van der Waals surface area contributed by atoms with E-state index >= 15 is 0 Å². The third-order valence-corrected chi connectivity index (χ3v) is 1.06. The summed E-state index contributed by atoms with van der Waals surface area (Å²) < 4.78 is 0. The van der Waals surface area contributed by atoms with E-state index in [4.69, 9.17) is 11.6 Å². The highest BCUT2D eigenvalue weighted by molar-refractivity contribution is 7.99. The van der Waals surface area contributed by atoms with Crippen LogP contribution in [-0.2, 0) is 0 Å². The minimum Gasteiger partial charge on any atom is -0.306 e. The standard InChI is InChI=1S/C2H9N3S/c1-6-2(3)5-4/h2,5H,3-4H2,1H3. The van der Waals surface area contributed by atoms with Gasteiger partial charge in [-0.1, -0.05) is 0 Å². The Bertz CT molecular complexity index is 28.0. The number of hydrazine groups is 1. The minimum atomic E-state index is -0.120. The van der Waals surface area contributed by atoms with Crippen LogP contribution in [0.1, 0.15) is 0 Å². The topological polar surface area (TPSA) is 64.1 Å². The molecule has 0 saturated carbocycles. The Morgan fingerprint density at radius 1 is 1.83 bits per heavy atom. The third kappa shape index (κ3) is 2.47. The van der Waals surface area contributed by atoms with Crippen LogP contribution in [0.25, 0.3) is 0 Å². The van der Waals surface area contributed by atoms with Crippen molar-refractivity contribution in [3.05, 3.63) is 0 Å². The molecule has 0 aromatic heterocycles. The van der Waals surface area contributed by atoms with Gasteiger partial charge in [-0.3, -0.25) is 5.84 Å². The van der Waals surface area contributed by atoms with E-state index in [1.165, 1.54) is 11.8 Å². The van der Waals surface area contributed by atoms with Crippen molar-refractivity contribution in [1.82, 2.24) is 5.43 Å². The second-order valence-corrected chi connectivity index (χ2v) is 1.80. The molecule has 0 saturated heterocycles. The second kappa shape index (κ2) is 3.42. The van der Waals surface area contributed by atoms with Crippen molar-refractivity contribution in [3.8, 4) is 0 Å². The molecule has 0 heterocycles. The maximum absolute atomic E-state index is 5.20. The molecule has 0 aliphatic heterocycles. The number of hydrogen-bond acceptors (Lipinski definition) is 4. The predicted molar refractivity (Wildman–Crippen MR) is 28.8 cm³/mol. The van der Waals surface area contributed by atoms with E-state index < -0.39 is 0 Å². The Kier molecular flexibility index (Phi) is 3.55. The van der Waals surface area contributed by atoms with Crippen LogP contribution in [0.15, 0.2) is 0 Å². The van der Waals surface area contributed by atoms with Crippen molar-refractivity contribution in [1.29, 1.82) is 0 Å². The summed E-state index contributed by atoms with van der Waals surface area (Å²) in [5, 5.41) is 0. The van der Waals surface area contributed by atoms with E-state index in [1.807, 2.05) is 6.26 Å². The van der Waals surface area contributed by atoms with Crippen molar-refractivity contribution in [2.24, 2.45) is 11.6 Å². The number of nitrogens with one attached hydrogen (secondary N) is 1. The molecule has 0 aliphatic carbocycles. The lowest BCUT2D eigenvalue weighted by Gasteiger charge is -2.02. The summed E-state index contributed by atoms with van der Waals surface area (Å²) in [4.78, 5) is 0. The van der Waals surface area contributed by atoms with Gasteiger partial charge in [0.15, 0.2) is 0 Å². The molecular formula is C2H9N3S. The molecule has 6 heavy (non-hydrogen) atoms. The van der Waals surface area contributed by atoms with Gasteiger partial charge in [-0.15, -0.1) is 11.8 Å². The van der Waals surface area contributed by atoms with Crippen LogP contribution in [0.5, 0.6) is 0 Å². The Morgan fingerprint density at radius 2 is 2.33 bits per heavy atom. The fourth-order valence-electron chi connectivity index (χ4n) is 0.0680. The summed E-state index contributed by atoms with van der Waals surface area (Å²) in [7, 11) is 0. The molecule has 0 rings (SSSR count). The van der Waals surface area contributed by atoms with Gasteiger partial charge in [0.25, 0.3) is 0 Å². The fraction of sp³-hybridized carbons (Fsp3) is 1.00. The van der Waals surface area contributed by atoms with E-state index in [0.29, 0.717) is 0 Å². The second-order valence-electron chi connectivity index (χ2n) is 0.823. The lowest BCUT2D eigenvalue weighted by molar-refractivity contribution is 0.710. The molecule has 3 nitrogen and oxygen atoms in total. The van der Waals surface area contributed by atoms with Crippen LogP contribution >= 0.6 is 11.8 Å². The van der Waals surface area contributed by atoms with Crippen molar-refractivity contribution < 1.29 is 0 Å². The monoisotopic (exact) mass is 107 g/mol. The van der Waals surface area contributed by atoms with E-state index in [-0.39, 0.29) is 5.50 Å². The highest BCUT2D eigenvalue weighted by Crippen LogP contribution is 1.89. The summed E-state index contributed by atoms with van der Waals surface area (Å²) in [6, 6.07) is 0. The molecule has 1 atom stereocenters. The summed E-state index contributed by atoms with van der Waals surface area (Å²) in [6.07, 6.45) is 1.88. The zero-order valence-electron chi connectivity index (χ0n) is 3.64. The molecule has 0 aromatic rings. The lowest BCUT2D eigenvalue weighted by atomic mass is 11.2. The first-order valence-corrected chi connectivity index (χ1v) is 2.84. The SMILES string of the molecule is CSC(N)NN. The Hall–Kier alpha value is 0.230. The van der Waals surface area contributed by atoms with E-state index in [1.54, 1.807) is 0 Å². The summed E-state index contributed by atoms with van der Waals surface area (Å²) in [5.74, 6) is 4.89. The molecule has 1 unspecified atom stereocenters. The van der Waals surface area contributed by atoms with Crippen molar-refractivity contribution in [3.63, 3.8) is 0 Å². The van der Waals surface area contributed by atoms with E-state index in [2.05, 4.69) is 5.43 Å². The van der Waals surface area contributed by atoms with Crippen LogP contribution in [0.3, 0.4) is 0 Å². The van der Waals surface area contributed by atoms with Crippen molar-refractivity contribution >= 4 is 11.8 Å². The van der Waals surface area contributed by atoms with Crippen LogP contribution < -0.4 is 17.0 Å². The zero-order chi connectivity index (χ0) is 4.99. The fourth-order valence-corrected chi connectivity index (χ4v) is 0.204. The summed E-state index contributed by atoms with van der Waals surface area (Å²) in [6.45, 7) is 0. The number of thioether (sulfide) groups is 1. The molecule has 0 aromatic carbocycles. The first-order chi connectivity index (χ1) is 2.81. The normalized spacial score (nSPS) is 14.5. The average molecular weight is 107 g/mol. The minimum absolute atomic E-state index is 0.120. The maximum atomic E-state index is 5.20. The molecule has 38 valence electrons. The highest BCUT2D eigenvalue weighted by Gasteiger charge is 1.87. The van der Waals surface area contributed by atoms with E-state index in [9.17, 15) is 0 Å². The molecule has 0 aliphatic rings. The predicted octanol–water partition coefficient (Wildman–Crippen LogP) is -0.945. The average Bonchev–Trinajstić information content (AvgIpc) is 1.65. The first kappa shape index (κ1) is 6.23. The highest BCUT2D eigenvalue weighted by atomic mass is 32.2. The Morgan fingerprint density at radius 3 is 2.33 bits per heavy atom. The van der Waals surface area contributed by atoms with Crippen LogP contribution in [0, 0.1) is 0 Å².